The number of piperazine rings is 1. The Morgan fingerprint density at radius 1 is 1.44 bits per heavy atom. The molecule has 1 aliphatic heterocycles. The summed E-state index contributed by atoms with van der Waals surface area (Å²) < 4.78 is 2.39. The maximum Gasteiger partial charge on any atom is 0.221 e. The monoisotopic (exact) mass is 265 g/mol. The van der Waals surface area contributed by atoms with Crippen LogP contribution in [0.1, 0.15) is 13.8 Å². The highest BCUT2D eigenvalue weighted by atomic mass is 32.2. The lowest BCUT2D eigenvalue weighted by Gasteiger charge is -2.32. The van der Waals surface area contributed by atoms with Crippen molar-refractivity contribution in [2.75, 3.05) is 25.0 Å². The number of rotatable bonds is 3. The summed E-state index contributed by atoms with van der Waals surface area (Å²) >= 11 is 1.78. The van der Waals surface area contributed by atoms with E-state index in [4.69, 9.17) is 0 Å². The topological polar surface area (TPSA) is 44.4 Å². The van der Waals surface area contributed by atoms with Crippen LogP contribution in [0, 0.1) is 0 Å². The van der Waals surface area contributed by atoms with Gasteiger partial charge in [-0.05, 0) is 43.1 Å². The Labute approximate surface area is 112 Å². The van der Waals surface area contributed by atoms with E-state index < -0.39 is 0 Å². The van der Waals surface area contributed by atoms with Crippen molar-refractivity contribution in [2.45, 2.75) is 24.8 Å². The van der Waals surface area contributed by atoms with Crippen LogP contribution in [0.5, 0.6) is 0 Å². The Balaban J connectivity index is 1.95. The second-order valence-corrected chi connectivity index (χ2v) is 5.61. The van der Waals surface area contributed by atoms with E-state index in [0.29, 0.717) is 6.04 Å². The van der Waals surface area contributed by atoms with Crippen molar-refractivity contribution in [1.82, 2.24) is 9.62 Å². The van der Waals surface area contributed by atoms with Gasteiger partial charge in [0.25, 0.3) is 0 Å². The summed E-state index contributed by atoms with van der Waals surface area (Å²) in [6.07, 6.45) is 0. The van der Waals surface area contributed by atoms with E-state index in [1.54, 1.807) is 11.9 Å². The average molecular weight is 265 g/mol. The quantitative estimate of drug-likeness (QED) is 0.820. The Bertz CT molecular complexity index is 407. The summed E-state index contributed by atoms with van der Waals surface area (Å²) in [6.45, 7) is 6.88. The van der Waals surface area contributed by atoms with E-state index in [9.17, 15) is 4.79 Å². The third kappa shape index (κ3) is 3.73. The highest BCUT2D eigenvalue weighted by Crippen LogP contribution is 2.26. The van der Waals surface area contributed by atoms with Gasteiger partial charge in [0.1, 0.15) is 0 Å². The van der Waals surface area contributed by atoms with Gasteiger partial charge in [-0.25, -0.2) is 4.31 Å². The Morgan fingerprint density at radius 3 is 2.78 bits per heavy atom. The zero-order valence-corrected chi connectivity index (χ0v) is 11.6. The van der Waals surface area contributed by atoms with E-state index in [-0.39, 0.29) is 5.91 Å². The number of hydrogen-bond acceptors (Lipinski definition) is 4. The normalized spacial score (nSPS) is 20.7. The summed E-state index contributed by atoms with van der Waals surface area (Å²) in [7, 11) is 0. The minimum atomic E-state index is -0.0360. The SMILES string of the molecule is CC(=O)Nc1ccc(SN2CCNCC2C)cc1. The lowest BCUT2D eigenvalue weighted by atomic mass is 10.3. The third-order valence-corrected chi connectivity index (χ3v) is 4.10. The molecule has 0 radical (unpaired) electrons. The van der Waals surface area contributed by atoms with E-state index >= 15 is 0 Å². The number of carbonyl (C=O) groups excluding carboxylic acids is 1. The van der Waals surface area contributed by atoms with Gasteiger partial charge in [0, 0.05) is 43.2 Å². The zero-order chi connectivity index (χ0) is 13.0. The van der Waals surface area contributed by atoms with Crippen molar-refractivity contribution >= 4 is 23.5 Å². The summed E-state index contributed by atoms with van der Waals surface area (Å²) in [4.78, 5) is 12.1. The molecule has 1 aromatic carbocycles. The number of nitrogens with one attached hydrogen (secondary N) is 2. The van der Waals surface area contributed by atoms with Crippen LogP contribution in [0.3, 0.4) is 0 Å². The molecule has 2 N–H and O–H groups in total. The van der Waals surface area contributed by atoms with Crippen molar-refractivity contribution in [3.05, 3.63) is 24.3 Å². The van der Waals surface area contributed by atoms with Crippen molar-refractivity contribution in [1.29, 1.82) is 0 Å². The van der Waals surface area contributed by atoms with Gasteiger partial charge in [0.05, 0.1) is 0 Å². The van der Waals surface area contributed by atoms with Crippen molar-refractivity contribution in [3.8, 4) is 0 Å². The molecule has 0 aromatic heterocycles. The first-order valence-corrected chi connectivity index (χ1v) is 6.95. The van der Waals surface area contributed by atoms with Crippen LogP contribution in [0.4, 0.5) is 5.69 Å². The summed E-state index contributed by atoms with van der Waals surface area (Å²) in [6, 6.07) is 8.52. The van der Waals surface area contributed by atoms with Gasteiger partial charge >= 0.3 is 0 Å². The van der Waals surface area contributed by atoms with Crippen molar-refractivity contribution < 1.29 is 4.79 Å². The summed E-state index contributed by atoms with van der Waals surface area (Å²) in [5.74, 6) is -0.0360. The number of benzene rings is 1. The molecule has 1 aromatic rings. The largest absolute Gasteiger partial charge is 0.326 e. The average Bonchev–Trinajstić information content (AvgIpc) is 2.34. The number of amides is 1. The van der Waals surface area contributed by atoms with Crippen LogP contribution in [0.25, 0.3) is 0 Å². The molecule has 1 aliphatic rings. The molecule has 1 atom stereocenters. The zero-order valence-electron chi connectivity index (χ0n) is 10.8. The predicted molar refractivity (Wildman–Crippen MR) is 75.6 cm³/mol. The second-order valence-electron chi connectivity index (χ2n) is 4.49. The van der Waals surface area contributed by atoms with Crippen LogP contribution in [0.15, 0.2) is 29.2 Å². The van der Waals surface area contributed by atoms with Crippen LogP contribution in [-0.4, -0.2) is 35.9 Å². The number of nitrogens with zero attached hydrogens (tertiary/aromatic N) is 1. The third-order valence-electron chi connectivity index (χ3n) is 2.84. The van der Waals surface area contributed by atoms with Gasteiger partial charge < -0.3 is 10.6 Å². The van der Waals surface area contributed by atoms with Crippen LogP contribution >= 0.6 is 11.9 Å². The molecular formula is C13H19N3OS. The summed E-state index contributed by atoms with van der Waals surface area (Å²) in [5.41, 5.74) is 0.847. The molecule has 98 valence electrons. The molecule has 2 rings (SSSR count). The molecular weight excluding hydrogens is 246 g/mol. The van der Waals surface area contributed by atoms with Gasteiger partial charge in [0.15, 0.2) is 0 Å². The lowest BCUT2D eigenvalue weighted by molar-refractivity contribution is -0.114. The minimum absolute atomic E-state index is 0.0360. The second kappa shape index (κ2) is 6.22. The first-order valence-electron chi connectivity index (χ1n) is 6.18. The molecule has 0 spiro atoms. The number of hydrogen-bond donors (Lipinski definition) is 2. The standard InChI is InChI=1S/C13H19N3OS/c1-10-9-14-7-8-16(10)18-13-5-3-12(4-6-13)15-11(2)17/h3-6,10,14H,7-9H2,1-2H3,(H,15,17). The molecule has 0 saturated carbocycles. The molecule has 0 aliphatic carbocycles. The Morgan fingerprint density at radius 2 is 2.17 bits per heavy atom. The molecule has 0 bridgehead atoms. The first-order chi connectivity index (χ1) is 8.65. The van der Waals surface area contributed by atoms with E-state index in [2.05, 4.69) is 21.9 Å². The van der Waals surface area contributed by atoms with E-state index in [0.717, 1.165) is 25.3 Å². The molecule has 1 unspecified atom stereocenters. The van der Waals surface area contributed by atoms with Crippen LogP contribution in [0.2, 0.25) is 0 Å². The molecule has 1 amide bonds. The van der Waals surface area contributed by atoms with Gasteiger partial charge in [-0.15, -0.1) is 0 Å². The van der Waals surface area contributed by atoms with Gasteiger partial charge in [0.2, 0.25) is 5.91 Å². The molecule has 1 fully saturated rings. The molecule has 1 saturated heterocycles. The maximum absolute atomic E-state index is 10.9. The van der Waals surface area contributed by atoms with Crippen LogP contribution in [-0.2, 0) is 4.79 Å². The predicted octanol–water partition coefficient (Wildman–Crippen LogP) is 1.95. The van der Waals surface area contributed by atoms with Gasteiger partial charge in [-0.3, -0.25) is 4.79 Å². The fourth-order valence-electron chi connectivity index (χ4n) is 1.90. The van der Waals surface area contributed by atoms with Crippen molar-refractivity contribution in [2.24, 2.45) is 0 Å². The van der Waals surface area contributed by atoms with Gasteiger partial charge in [-0.1, -0.05) is 0 Å². The molecule has 5 heteroatoms. The maximum atomic E-state index is 10.9. The highest BCUT2D eigenvalue weighted by molar-refractivity contribution is 7.97. The summed E-state index contributed by atoms with van der Waals surface area (Å²) in [5, 5.41) is 6.15. The van der Waals surface area contributed by atoms with Crippen LogP contribution < -0.4 is 10.6 Å². The number of carbonyl (C=O) groups is 1. The van der Waals surface area contributed by atoms with Crippen molar-refractivity contribution in [3.63, 3.8) is 0 Å². The lowest BCUT2D eigenvalue weighted by Crippen LogP contribution is -2.46. The fourth-order valence-corrected chi connectivity index (χ4v) is 2.86. The Hall–Kier alpha value is -1.04. The first kappa shape index (κ1) is 13.4. The van der Waals surface area contributed by atoms with Gasteiger partial charge in [-0.2, -0.15) is 0 Å². The molecule has 1 heterocycles. The fraction of sp³-hybridized carbons (Fsp3) is 0.462. The highest BCUT2D eigenvalue weighted by Gasteiger charge is 2.18. The minimum Gasteiger partial charge on any atom is -0.326 e. The number of anilines is 1. The Kier molecular flexibility index (Phi) is 4.63. The van der Waals surface area contributed by atoms with E-state index in [1.165, 1.54) is 11.8 Å². The smallest absolute Gasteiger partial charge is 0.221 e. The molecule has 18 heavy (non-hydrogen) atoms. The molecule has 4 nitrogen and oxygen atoms in total. The van der Waals surface area contributed by atoms with E-state index in [1.807, 2.05) is 24.3 Å².